The van der Waals surface area contributed by atoms with E-state index in [1.807, 2.05) is 0 Å². The van der Waals surface area contributed by atoms with Crippen LogP contribution in [-0.4, -0.2) is 59.0 Å². The maximum Gasteiger partial charge on any atom is 0.342 e. The summed E-state index contributed by atoms with van der Waals surface area (Å²) in [6.07, 6.45) is 0. The molecule has 56 heavy (non-hydrogen) atoms. The van der Waals surface area contributed by atoms with E-state index in [-0.39, 0.29) is 64.4 Å². The number of anilines is 4. The van der Waals surface area contributed by atoms with Gasteiger partial charge in [0.15, 0.2) is 0 Å². The summed E-state index contributed by atoms with van der Waals surface area (Å²) in [7, 11) is -18.2. The molecule has 0 saturated carbocycles. The first-order chi connectivity index (χ1) is 26.0. The number of fused-ring (bicyclic) bond motifs is 2. The largest absolute Gasteiger partial charge is 0.505 e. The first-order valence-corrected chi connectivity index (χ1v) is 21.7. The van der Waals surface area contributed by atoms with Crippen LogP contribution in [0.15, 0.2) is 117 Å². The zero-order valence-corrected chi connectivity index (χ0v) is 32.1. The van der Waals surface area contributed by atoms with E-state index in [9.17, 15) is 57.8 Å². The second-order valence-electron chi connectivity index (χ2n) is 12.4. The molecule has 0 bridgehead atoms. The topological polar surface area (TPSA) is 283 Å². The molecule has 0 aliphatic carbocycles. The number of aryl methyl sites for hydroxylation is 2. The van der Waals surface area contributed by atoms with Crippen LogP contribution in [0.2, 0.25) is 0 Å². The number of phenols is 2. The molecule has 0 aliphatic heterocycles. The van der Waals surface area contributed by atoms with Gasteiger partial charge in [-0.2, -0.15) is 16.8 Å². The molecule has 8 N–H and O–H groups in total. The van der Waals surface area contributed by atoms with Crippen molar-refractivity contribution in [2.24, 2.45) is 0 Å². The fourth-order valence-corrected chi connectivity index (χ4v) is 9.22. The van der Waals surface area contributed by atoms with Crippen LogP contribution in [0, 0.1) is 13.8 Å². The molecule has 6 aromatic carbocycles. The van der Waals surface area contributed by atoms with Crippen LogP contribution in [0.25, 0.3) is 21.5 Å². The summed E-state index contributed by atoms with van der Waals surface area (Å²) >= 11 is 0. The van der Waals surface area contributed by atoms with Crippen molar-refractivity contribution in [1.29, 1.82) is 0 Å². The standard InChI is InChI=1S/C35H30N4O13S4/c1-19-15-23(36-29-11-3-21-17-25(55(47,48)49)7-9-27(21)33(29)40)5-13-31(19)53(43,44)38-35(42)39-54(45,46)32-14-6-24(16-20(32)2)37-30-12-4-22-18-26(56(50,51)52)8-10-28(22)34(30)41/h3-18,36-37,40-41H,1-2H3,(H2,38,39,42)(H,47,48,49)(H,50,51,52). The van der Waals surface area contributed by atoms with Crippen molar-refractivity contribution >= 4 is 90.6 Å². The van der Waals surface area contributed by atoms with E-state index in [0.717, 1.165) is 24.3 Å². The number of phenolic OH excluding ortho intramolecular Hbond substituents is 2. The number of sulfonamides is 2. The third-order valence-electron chi connectivity index (χ3n) is 8.46. The quantitative estimate of drug-likeness (QED) is 0.0635. The predicted octanol–water partition coefficient (Wildman–Crippen LogP) is 5.38. The summed E-state index contributed by atoms with van der Waals surface area (Å²) in [6, 6.07) is 19.3. The average molecular weight is 843 g/mol. The van der Waals surface area contributed by atoms with Crippen LogP contribution in [0.5, 0.6) is 11.5 Å². The predicted molar refractivity (Wildman–Crippen MR) is 206 cm³/mol. The van der Waals surface area contributed by atoms with Crippen molar-refractivity contribution in [3.8, 4) is 11.5 Å². The van der Waals surface area contributed by atoms with E-state index in [1.54, 1.807) is 9.44 Å². The van der Waals surface area contributed by atoms with Gasteiger partial charge in [0.1, 0.15) is 11.5 Å². The van der Waals surface area contributed by atoms with Crippen molar-refractivity contribution in [2.75, 3.05) is 10.6 Å². The van der Waals surface area contributed by atoms with Crippen LogP contribution in [0.4, 0.5) is 27.5 Å². The number of benzene rings is 6. The minimum Gasteiger partial charge on any atom is -0.505 e. The lowest BCUT2D eigenvalue weighted by Gasteiger charge is -2.15. The lowest BCUT2D eigenvalue weighted by molar-refractivity contribution is 0.250. The van der Waals surface area contributed by atoms with E-state index in [4.69, 9.17) is 0 Å². The molecule has 0 atom stereocenters. The summed E-state index contributed by atoms with van der Waals surface area (Å²) in [4.78, 5) is 11.3. The van der Waals surface area contributed by atoms with E-state index in [1.165, 1.54) is 86.6 Å². The highest BCUT2D eigenvalue weighted by Crippen LogP contribution is 2.37. The molecule has 0 saturated heterocycles. The Hall–Kier alpha value is -5.97. The molecule has 0 spiro atoms. The second-order valence-corrected chi connectivity index (χ2v) is 18.5. The Balaban J connectivity index is 1.13. The molecule has 17 nitrogen and oxygen atoms in total. The highest BCUT2D eigenvalue weighted by molar-refractivity contribution is 7.91. The Bertz CT molecular complexity index is 2880. The van der Waals surface area contributed by atoms with Crippen molar-refractivity contribution < 1.29 is 57.8 Å². The smallest absolute Gasteiger partial charge is 0.342 e. The molecule has 21 heteroatoms. The molecule has 6 rings (SSSR count). The molecule has 2 amide bonds. The number of carbonyl (C=O) groups is 1. The van der Waals surface area contributed by atoms with E-state index >= 15 is 0 Å². The molecule has 0 radical (unpaired) electrons. The number of nitrogens with one attached hydrogen (secondary N) is 4. The number of amides is 2. The minimum absolute atomic E-state index is 0.135. The second kappa shape index (κ2) is 14.3. The fraction of sp³-hybridized carbons (Fsp3) is 0.0571. The number of rotatable bonds is 10. The molecule has 292 valence electrons. The highest BCUT2D eigenvalue weighted by Gasteiger charge is 2.26. The van der Waals surface area contributed by atoms with Gasteiger partial charge in [-0.15, -0.1) is 0 Å². The number of carbonyl (C=O) groups excluding carboxylic acids is 1. The zero-order valence-electron chi connectivity index (χ0n) is 28.8. The number of hydrogen-bond donors (Lipinski definition) is 8. The Morgan fingerprint density at radius 1 is 0.500 bits per heavy atom. The summed E-state index contributed by atoms with van der Waals surface area (Å²) in [5.41, 5.74) is 1.26. The molecule has 0 aromatic heterocycles. The van der Waals surface area contributed by atoms with Gasteiger partial charge in [-0.3, -0.25) is 9.11 Å². The lowest BCUT2D eigenvalue weighted by Crippen LogP contribution is -2.42. The summed E-state index contributed by atoms with van der Waals surface area (Å²) in [6.45, 7) is 2.84. The minimum atomic E-state index is -4.62. The van der Waals surface area contributed by atoms with Gasteiger partial charge in [-0.1, -0.05) is 12.1 Å². The number of aromatic hydroxyl groups is 2. The van der Waals surface area contributed by atoms with Crippen LogP contribution in [-0.2, 0) is 40.3 Å². The molecule has 0 unspecified atom stereocenters. The Morgan fingerprint density at radius 2 is 0.875 bits per heavy atom. The Labute approximate surface area is 320 Å². The fourth-order valence-electron chi connectivity index (χ4n) is 5.85. The van der Waals surface area contributed by atoms with Gasteiger partial charge in [-0.05, 0) is 121 Å². The summed E-state index contributed by atoms with van der Waals surface area (Å²) in [5, 5.41) is 28.6. The SMILES string of the molecule is Cc1cc(Nc2ccc3cc(S(=O)(=O)O)ccc3c2O)ccc1S(=O)(=O)NC(=O)NS(=O)(=O)c1ccc(Nc2ccc3cc(S(=O)(=O)O)ccc3c2O)cc1C. The van der Waals surface area contributed by atoms with Gasteiger partial charge in [0.25, 0.3) is 40.3 Å². The van der Waals surface area contributed by atoms with Gasteiger partial charge in [0.05, 0.1) is 31.0 Å². The highest BCUT2D eigenvalue weighted by atomic mass is 32.2. The van der Waals surface area contributed by atoms with Crippen molar-refractivity contribution in [1.82, 2.24) is 9.44 Å². The third-order valence-corrected chi connectivity index (χ3v) is 13.1. The first kappa shape index (κ1) is 39.7. The lowest BCUT2D eigenvalue weighted by atomic mass is 10.1. The van der Waals surface area contributed by atoms with Gasteiger partial charge in [0.2, 0.25) is 0 Å². The maximum absolute atomic E-state index is 13.2. The molecular weight excluding hydrogens is 813 g/mol. The Kier molecular flexibility index (Phi) is 10.1. The zero-order chi connectivity index (χ0) is 41.0. The number of hydrogen-bond acceptors (Lipinski definition) is 13. The van der Waals surface area contributed by atoms with Crippen LogP contribution in [0.3, 0.4) is 0 Å². The summed E-state index contributed by atoms with van der Waals surface area (Å²) < 4.78 is 120. The average Bonchev–Trinajstić information content (AvgIpc) is 3.09. The first-order valence-electron chi connectivity index (χ1n) is 15.8. The van der Waals surface area contributed by atoms with Crippen LogP contribution >= 0.6 is 0 Å². The molecule has 6 aromatic rings. The normalized spacial score (nSPS) is 12.4. The van der Waals surface area contributed by atoms with Crippen molar-refractivity contribution in [3.63, 3.8) is 0 Å². The maximum atomic E-state index is 13.2. The monoisotopic (exact) mass is 842 g/mol. The Morgan fingerprint density at radius 3 is 1.21 bits per heavy atom. The van der Waals surface area contributed by atoms with E-state index in [0.29, 0.717) is 22.1 Å². The molecular formula is C35H30N4O13S4. The van der Waals surface area contributed by atoms with Gasteiger partial charge >= 0.3 is 6.03 Å². The third kappa shape index (κ3) is 8.17. The molecule has 0 aliphatic rings. The van der Waals surface area contributed by atoms with E-state index in [2.05, 4.69) is 10.6 Å². The van der Waals surface area contributed by atoms with Gasteiger partial charge < -0.3 is 20.8 Å². The van der Waals surface area contributed by atoms with Gasteiger partial charge in [-0.25, -0.2) is 31.1 Å². The summed E-state index contributed by atoms with van der Waals surface area (Å²) in [5.74, 6) is -0.519. The molecule has 0 heterocycles. The van der Waals surface area contributed by atoms with Crippen molar-refractivity contribution in [3.05, 3.63) is 108 Å². The van der Waals surface area contributed by atoms with Crippen LogP contribution in [0.1, 0.15) is 11.1 Å². The van der Waals surface area contributed by atoms with Crippen LogP contribution < -0.4 is 20.1 Å². The van der Waals surface area contributed by atoms with Gasteiger partial charge in [0, 0.05) is 22.1 Å². The molecule has 0 fully saturated rings. The van der Waals surface area contributed by atoms with Crippen molar-refractivity contribution in [2.45, 2.75) is 33.4 Å². The van der Waals surface area contributed by atoms with E-state index < -0.39 is 46.3 Å². The number of urea groups is 1.